The van der Waals surface area contributed by atoms with Crippen LogP contribution >= 0.6 is 15.9 Å². The first kappa shape index (κ1) is 13.7. The van der Waals surface area contributed by atoms with Gasteiger partial charge in [-0.3, -0.25) is 4.68 Å². The van der Waals surface area contributed by atoms with Crippen LogP contribution in [0.15, 0.2) is 4.47 Å². The largest absolute Gasteiger partial charge is 0.390 e. The van der Waals surface area contributed by atoms with E-state index >= 15 is 0 Å². The molecule has 1 aromatic rings. The number of hydrogen-bond donors (Lipinski definition) is 1. The van der Waals surface area contributed by atoms with Crippen molar-refractivity contribution in [1.29, 1.82) is 0 Å². The number of aryl methyl sites for hydroxylation is 2. The van der Waals surface area contributed by atoms with Crippen molar-refractivity contribution in [2.75, 3.05) is 0 Å². The molecule has 3 nitrogen and oxygen atoms in total. The molecule has 1 aromatic heterocycles. The van der Waals surface area contributed by atoms with Crippen LogP contribution in [-0.4, -0.2) is 20.5 Å². The summed E-state index contributed by atoms with van der Waals surface area (Å²) in [6.45, 7) is 8.87. The van der Waals surface area contributed by atoms with Gasteiger partial charge in [-0.2, -0.15) is 5.10 Å². The second-order valence-electron chi connectivity index (χ2n) is 4.59. The number of hydrogen-bond acceptors (Lipinski definition) is 2. The predicted octanol–water partition coefficient (Wildman–Crippen LogP) is 3.07. The monoisotopic (exact) mass is 288 g/mol. The molecule has 92 valence electrons. The lowest BCUT2D eigenvalue weighted by Crippen LogP contribution is -2.28. The molecule has 0 saturated carbocycles. The molecule has 1 rings (SSSR count). The second-order valence-corrected chi connectivity index (χ2v) is 5.38. The molecule has 16 heavy (non-hydrogen) atoms. The van der Waals surface area contributed by atoms with E-state index in [2.05, 4.69) is 34.9 Å². The Kier molecular flexibility index (Phi) is 4.56. The third-order valence-electron chi connectivity index (χ3n) is 2.79. The summed E-state index contributed by atoms with van der Waals surface area (Å²) >= 11 is 3.55. The summed E-state index contributed by atoms with van der Waals surface area (Å²) < 4.78 is 2.99. The Bertz CT molecular complexity index is 358. The van der Waals surface area contributed by atoms with Crippen LogP contribution in [0.25, 0.3) is 0 Å². The molecule has 0 bridgehead atoms. The van der Waals surface area contributed by atoms with E-state index in [-0.39, 0.29) is 0 Å². The van der Waals surface area contributed by atoms with E-state index in [0.717, 1.165) is 35.2 Å². The maximum atomic E-state index is 10.3. The maximum Gasteiger partial charge on any atom is 0.0738 e. The summed E-state index contributed by atoms with van der Waals surface area (Å²) in [6.07, 6.45) is 2.45. The minimum absolute atomic E-state index is 0.642. The molecular formula is C12H21BrN2O. The Morgan fingerprint density at radius 1 is 1.44 bits per heavy atom. The van der Waals surface area contributed by atoms with Crippen LogP contribution in [0.2, 0.25) is 0 Å². The third kappa shape index (κ3) is 3.08. The normalized spacial score (nSPS) is 15.1. The first-order chi connectivity index (χ1) is 7.41. The van der Waals surface area contributed by atoms with Crippen molar-refractivity contribution in [1.82, 2.24) is 9.78 Å². The fraction of sp³-hybridized carbons (Fsp3) is 0.750. The number of halogens is 1. The number of rotatable bonds is 5. The van der Waals surface area contributed by atoms with Gasteiger partial charge in [0.05, 0.1) is 21.5 Å². The topological polar surface area (TPSA) is 38.1 Å². The van der Waals surface area contributed by atoms with Crippen LogP contribution in [0, 0.1) is 6.92 Å². The van der Waals surface area contributed by atoms with Gasteiger partial charge in [0.2, 0.25) is 0 Å². The molecule has 0 aromatic carbocycles. The van der Waals surface area contributed by atoms with E-state index < -0.39 is 5.60 Å². The van der Waals surface area contributed by atoms with Gasteiger partial charge in [-0.1, -0.05) is 13.3 Å². The molecule has 1 atom stereocenters. The molecule has 0 fully saturated rings. The van der Waals surface area contributed by atoms with Crippen LogP contribution in [0.5, 0.6) is 0 Å². The van der Waals surface area contributed by atoms with Crippen LogP contribution in [0.3, 0.4) is 0 Å². The highest BCUT2D eigenvalue weighted by molar-refractivity contribution is 9.10. The maximum absolute atomic E-state index is 10.3. The van der Waals surface area contributed by atoms with Gasteiger partial charge in [-0.15, -0.1) is 0 Å². The summed E-state index contributed by atoms with van der Waals surface area (Å²) in [5.41, 5.74) is 1.44. The van der Waals surface area contributed by atoms with Crippen molar-refractivity contribution in [2.45, 2.75) is 59.1 Å². The SMILES string of the molecule is CCCC(C)(O)Cc1c(Br)c(C)nn1CC. The van der Waals surface area contributed by atoms with Gasteiger partial charge in [-0.05, 0) is 43.1 Å². The van der Waals surface area contributed by atoms with Crippen molar-refractivity contribution in [3.05, 3.63) is 15.9 Å². The van der Waals surface area contributed by atoms with Crippen LogP contribution in [0.1, 0.15) is 45.0 Å². The molecule has 0 radical (unpaired) electrons. The van der Waals surface area contributed by atoms with Crippen molar-refractivity contribution >= 4 is 15.9 Å². The molecule has 0 aliphatic heterocycles. The van der Waals surface area contributed by atoms with Gasteiger partial charge in [-0.25, -0.2) is 0 Å². The van der Waals surface area contributed by atoms with E-state index in [1.165, 1.54) is 0 Å². The van der Waals surface area contributed by atoms with Gasteiger partial charge in [0.25, 0.3) is 0 Å². The average molecular weight is 289 g/mol. The Balaban J connectivity index is 2.95. The van der Waals surface area contributed by atoms with E-state index in [9.17, 15) is 5.11 Å². The summed E-state index contributed by atoms with van der Waals surface area (Å²) in [5.74, 6) is 0. The molecule has 0 aliphatic carbocycles. The van der Waals surface area contributed by atoms with Crippen molar-refractivity contribution in [2.24, 2.45) is 0 Å². The third-order valence-corrected chi connectivity index (χ3v) is 3.82. The Hall–Kier alpha value is -0.350. The lowest BCUT2D eigenvalue weighted by molar-refractivity contribution is 0.0483. The molecule has 0 saturated heterocycles. The smallest absolute Gasteiger partial charge is 0.0738 e. The van der Waals surface area contributed by atoms with Crippen LogP contribution in [-0.2, 0) is 13.0 Å². The average Bonchev–Trinajstić information content (AvgIpc) is 2.45. The molecule has 0 amide bonds. The van der Waals surface area contributed by atoms with E-state index in [1.54, 1.807) is 0 Å². The highest BCUT2D eigenvalue weighted by atomic mass is 79.9. The minimum atomic E-state index is -0.642. The Morgan fingerprint density at radius 3 is 2.56 bits per heavy atom. The first-order valence-electron chi connectivity index (χ1n) is 5.85. The summed E-state index contributed by atoms with van der Waals surface area (Å²) in [7, 11) is 0. The van der Waals surface area contributed by atoms with Crippen molar-refractivity contribution in [3.8, 4) is 0 Å². The van der Waals surface area contributed by atoms with E-state index in [1.807, 2.05) is 18.5 Å². The highest BCUT2D eigenvalue weighted by Gasteiger charge is 2.24. The second kappa shape index (κ2) is 5.32. The van der Waals surface area contributed by atoms with E-state index in [0.29, 0.717) is 6.42 Å². The van der Waals surface area contributed by atoms with Gasteiger partial charge in [0.1, 0.15) is 0 Å². The summed E-state index contributed by atoms with van der Waals surface area (Å²) in [6, 6.07) is 0. The lowest BCUT2D eigenvalue weighted by Gasteiger charge is -2.23. The molecule has 0 aliphatic rings. The molecular weight excluding hydrogens is 268 g/mol. The standard InChI is InChI=1S/C12H21BrN2O/c1-5-7-12(4,16)8-10-11(13)9(3)14-15(10)6-2/h16H,5-8H2,1-4H3. The van der Waals surface area contributed by atoms with Crippen molar-refractivity contribution < 1.29 is 5.11 Å². The number of nitrogens with zero attached hydrogens (tertiary/aromatic N) is 2. The highest BCUT2D eigenvalue weighted by Crippen LogP contribution is 2.26. The first-order valence-corrected chi connectivity index (χ1v) is 6.64. The van der Waals surface area contributed by atoms with Gasteiger partial charge < -0.3 is 5.11 Å². The zero-order chi connectivity index (χ0) is 12.3. The van der Waals surface area contributed by atoms with E-state index in [4.69, 9.17) is 0 Å². The zero-order valence-electron chi connectivity index (χ0n) is 10.5. The predicted molar refractivity (Wildman–Crippen MR) is 69.6 cm³/mol. The molecule has 1 N–H and O–H groups in total. The fourth-order valence-electron chi connectivity index (χ4n) is 2.03. The summed E-state index contributed by atoms with van der Waals surface area (Å²) in [5, 5.41) is 14.7. The van der Waals surface area contributed by atoms with Gasteiger partial charge in [0.15, 0.2) is 0 Å². The summed E-state index contributed by atoms with van der Waals surface area (Å²) in [4.78, 5) is 0. The van der Waals surface area contributed by atoms with Crippen LogP contribution < -0.4 is 0 Å². The molecule has 4 heteroatoms. The number of aromatic nitrogens is 2. The lowest BCUT2D eigenvalue weighted by atomic mass is 9.94. The quantitative estimate of drug-likeness (QED) is 0.904. The van der Waals surface area contributed by atoms with Crippen molar-refractivity contribution in [3.63, 3.8) is 0 Å². The zero-order valence-corrected chi connectivity index (χ0v) is 12.1. The Morgan fingerprint density at radius 2 is 2.06 bits per heavy atom. The molecule has 1 unspecified atom stereocenters. The fourth-order valence-corrected chi connectivity index (χ4v) is 2.45. The Labute approximate surface area is 106 Å². The van der Waals surface area contributed by atoms with Crippen LogP contribution in [0.4, 0.5) is 0 Å². The molecule has 1 heterocycles. The minimum Gasteiger partial charge on any atom is -0.390 e. The van der Waals surface area contributed by atoms with Gasteiger partial charge in [0, 0.05) is 13.0 Å². The van der Waals surface area contributed by atoms with Gasteiger partial charge >= 0.3 is 0 Å². The molecule has 0 spiro atoms. The number of aliphatic hydroxyl groups is 1.